The molecular weight excluding hydrogens is 350 g/mol. The number of hydrogen-bond donors (Lipinski definition) is 1. The first-order valence-electron chi connectivity index (χ1n) is 8.56. The van der Waals surface area contributed by atoms with Crippen LogP contribution in [0.25, 0.3) is 0 Å². The van der Waals surface area contributed by atoms with Crippen LogP contribution in [0.15, 0.2) is 48.5 Å². The van der Waals surface area contributed by atoms with Crippen LogP contribution in [0, 0.1) is 0 Å². The monoisotopic (exact) mass is 373 g/mol. The number of carboxylic acids is 1. The van der Waals surface area contributed by atoms with Crippen molar-refractivity contribution in [2.45, 2.75) is 6.92 Å². The van der Waals surface area contributed by atoms with Crippen LogP contribution in [0.4, 0.5) is 0 Å². The Kier molecular flexibility index (Phi) is 7.49. The molecule has 0 unspecified atom stereocenters. The summed E-state index contributed by atoms with van der Waals surface area (Å²) in [4.78, 5) is 24.8. The first-order valence-corrected chi connectivity index (χ1v) is 8.56. The molecule has 0 aromatic heterocycles. The normalized spacial score (nSPS) is 10.1. The minimum absolute atomic E-state index is 0.197. The van der Waals surface area contributed by atoms with E-state index >= 15 is 0 Å². The predicted molar refractivity (Wildman–Crippen MR) is 99.6 cm³/mol. The molecule has 0 saturated heterocycles. The summed E-state index contributed by atoms with van der Waals surface area (Å²) >= 11 is 0. The first-order chi connectivity index (χ1) is 13.0. The number of benzene rings is 2. The number of amides is 1. The maximum atomic E-state index is 12.6. The quantitative estimate of drug-likeness (QED) is 0.689. The molecule has 0 bridgehead atoms. The van der Waals surface area contributed by atoms with Crippen molar-refractivity contribution in [1.29, 1.82) is 0 Å². The highest BCUT2D eigenvalue weighted by Crippen LogP contribution is 2.29. The highest BCUT2D eigenvalue weighted by molar-refractivity contribution is 5.94. The molecule has 2 aromatic carbocycles. The van der Waals surface area contributed by atoms with Crippen LogP contribution in [-0.2, 0) is 4.79 Å². The van der Waals surface area contributed by atoms with E-state index in [9.17, 15) is 9.59 Å². The van der Waals surface area contributed by atoms with Gasteiger partial charge in [0.15, 0.2) is 18.1 Å². The summed E-state index contributed by atoms with van der Waals surface area (Å²) in [6.07, 6.45) is 0. The topological polar surface area (TPSA) is 85.3 Å². The molecular formula is C20H23NO6. The Balaban J connectivity index is 1.99. The summed E-state index contributed by atoms with van der Waals surface area (Å²) in [5.74, 6) is 0.0782. The molecule has 1 N–H and O–H groups in total. The molecule has 0 atom stereocenters. The Labute approximate surface area is 158 Å². The van der Waals surface area contributed by atoms with Gasteiger partial charge in [-0.1, -0.05) is 18.2 Å². The molecule has 144 valence electrons. The van der Waals surface area contributed by atoms with Gasteiger partial charge in [0.05, 0.1) is 13.2 Å². The van der Waals surface area contributed by atoms with Crippen molar-refractivity contribution in [2.75, 3.05) is 33.4 Å². The number of carbonyl (C=O) groups is 2. The van der Waals surface area contributed by atoms with Gasteiger partial charge in [-0.25, -0.2) is 4.79 Å². The second-order valence-corrected chi connectivity index (χ2v) is 5.67. The maximum Gasteiger partial charge on any atom is 0.341 e. The smallest absolute Gasteiger partial charge is 0.341 e. The minimum Gasteiger partial charge on any atom is -0.492 e. The molecule has 1 amide bonds. The highest BCUT2D eigenvalue weighted by atomic mass is 16.5. The van der Waals surface area contributed by atoms with Crippen LogP contribution < -0.4 is 14.2 Å². The van der Waals surface area contributed by atoms with E-state index in [1.807, 2.05) is 30.3 Å². The molecule has 0 aliphatic rings. The summed E-state index contributed by atoms with van der Waals surface area (Å²) in [6.45, 7) is 2.45. The van der Waals surface area contributed by atoms with E-state index in [1.165, 1.54) is 6.07 Å². The fraction of sp³-hybridized carbons (Fsp3) is 0.300. The van der Waals surface area contributed by atoms with Gasteiger partial charge in [-0.3, -0.25) is 4.79 Å². The van der Waals surface area contributed by atoms with Crippen LogP contribution in [0.5, 0.6) is 17.2 Å². The lowest BCUT2D eigenvalue weighted by Gasteiger charge is -2.19. The Hall–Kier alpha value is -3.22. The Morgan fingerprint density at radius 3 is 2.41 bits per heavy atom. The average Bonchev–Trinajstić information content (AvgIpc) is 2.67. The van der Waals surface area contributed by atoms with Crippen molar-refractivity contribution in [1.82, 2.24) is 4.90 Å². The third-order valence-corrected chi connectivity index (χ3v) is 3.63. The first kappa shape index (κ1) is 20.1. The number of para-hydroxylation sites is 1. The molecule has 0 aliphatic carbocycles. The van der Waals surface area contributed by atoms with E-state index in [0.717, 1.165) is 5.75 Å². The fourth-order valence-electron chi connectivity index (χ4n) is 2.31. The lowest BCUT2D eigenvalue weighted by Crippen LogP contribution is -2.30. The number of aliphatic carboxylic acids is 1. The van der Waals surface area contributed by atoms with Crippen LogP contribution in [0.3, 0.4) is 0 Å². The van der Waals surface area contributed by atoms with Gasteiger partial charge in [0.25, 0.3) is 5.91 Å². The molecule has 27 heavy (non-hydrogen) atoms. The number of hydrogen-bond acceptors (Lipinski definition) is 5. The van der Waals surface area contributed by atoms with Crippen LogP contribution >= 0.6 is 0 Å². The van der Waals surface area contributed by atoms with Crippen LogP contribution in [0.2, 0.25) is 0 Å². The van der Waals surface area contributed by atoms with Gasteiger partial charge in [0.1, 0.15) is 12.4 Å². The van der Waals surface area contributed by atoms with E-state index < -0.39 is 12.6 Å². The number of rotatable bonds is 10. The van der Waals surface area contributed by atoms with Crippen LogP contribution in [-0.4, -0.2) is 55.3 Å². The van der Waals surface area contributed by atoms with E-state index in [1.54, 1.807) is 31.0 Å². The van der Waals surface area contributed by atoms with Gasteiger partial charge in [0, 0.05) is 12.6 Å². The van der Waals surface area contributed by atoms with Gasteiger partial charge in [-0.2, -0.15) is 0 Å². The SMILES string of the molecule is CCOc1cc(C(=O)N(C)CCOc2ccccc2)ccc1OCC(=O)O. The largest absolute Gasteiger partial charge is 0.492 e. The van der Waals surface area contributed by atoms with Crippen molar-refractivity contribution < 1.29 is 28.9 Å². The average molecular weight is 373 g/mol. The molecule has 0 spiro atoms. The molecule has 2 rings (SSSR count). The summed E-state index contributed by atoms with van der Waals surface area (Å²) in [5, 5.41) is 8.74. The lowest BCUT2D eigenvalue weighted by molar-refractivity contribution is -0.139. The number of ether oxygens (including phenoxy) is 3. The molecule has 7 nitrogen and oxygen atoms in total. The minimum atomic E-state index is -1.09. The standard InChI is InChI=1S/C20H23NO6/c1-3-25-18-13-15(9-10-17(18)27-14-19(22)23)20(24)21(2)11-12-26-16-7-5-4-6-8-16/h4-10,13H,3,11-12,14H2,1-2H3,(H,22,23). The van der Waals surface area contributed by atoms with Crippen LogP contribution in [0.1, 0.15) is 17.3 Å². The van der Waals surface area contributed by atoms with E-state index in [0.29, 0.717) is 31.1 Å². The van der Waals surface area contributed by atoms with Crippen molar-refractivity contribution >= 4 is 11.9 Å². The van der Waals surface area contributed by atoms with Gasteiger partial charge < -0.3 is 24.2 Å². The van der Waals surface area contributed by atoms with Crippen molar-refractivity contribution in [3.05, 3.63) is 54.1 Å². The summed E-state index contributed by atoms with van der Waals surface area (Å²) in [7, 11) is 1.69. The maximum absolute atomic E-state index is 12.6. The third kappa shape index (κ3) is 6.22. The Morgan fingerprint density at radius 1 is 1.00 bits per heavy atom. The summed E-state index contributed by atoms with van der Waals surface area (Å²) in [5.41, 5.74) is 0.420. The van der Waals surface area contributed by atoms with Gasteiger partial charge in [-0.15, -0.1) is 0 Å². The highest BCUT2D eigenvalue weighted by Gasteiger charge is 2.16. The molecule has 7 heteroatoms. The third-order valence-electron chi connectivity index (χ3n) is 3.63. The van der Waals surface area contributed by atoms with E-state index in [2.05, 4.69) is 0 Å². The number of carbonyl (C=O) groups excluding carboxylic acids is 1. The molecule has 0 saturated carbocycles. The lowest BCUT2D eigenvalue weighted by atomic mass is 10.1. The molecule has 0 fully saturated rings. The molecule has 0 radical (unpaired) electrons. The van der Waals surface area contributed by atoms with E-state index in [-0.39, 0.29) is 11.7 Å². The molecule has 2 aromatic rings. The summed E-state index contributed by atoms with van der Waals surface area (Å²) in [6, 6.07) is 14.0. The molecule has 0 heterocycles. The number of likely N-dealkylation sites (N-methyl/N-ethyl adjacent to an activating group) is 1. The fourth-order valence-corrected chi connectivity index (χ4v) is 2.31. The zero-order valence-corrected chi connectivity index (χ0v) is 15.4. The summed E-state index contributed by atoms with van der Waals surface area (Å²) < 4.78 is 16.3. The zero-order valence-electron chi connectivity index (χ0n) is 15.4. The van der Waals surface area contributed by atoms with Crippen molar-refractivity contribution in [3.63, 3.8) is 0 Å². The van der Waals surface area contributed by atoms with Crippen molar-refractivity contribution in [2.24, 2.45) is 0 Å². The van der Waals surface area contributed by atoms with Gasteiger partial charge in [0.2, 0.25) is 0 Å². The zero-order chi connectivity index (χ0) is 19.6. The van der Waals surface area contributed by atoms with Gasteiger partial charge in [-0.05, 0) is 37.3 Å². The van der Waals surface area contributed by atoms with E-state index in [4.69, 9.17) is 19.3 Å². The molecule has 0 aliphatic heterocycles. The van der Waals surface area contributed by atoms with Crippen molar-refractivity contribution in [3.8, 4) is 17.2 Å². The Bertz CT molecular complexity index is 762. The second kappa shape index (κ2) is 10.1. The number of nitrogens with zero attached hydrogens (tertiary/aromatic N) is 1. The van der Waals surface area contributed by atoms with Gasteiger partial charge >= 0.3 is 5.97 Å². The second-order valence-electron chi connectivity index (χ2n) is 5.67. The number of carboxylic acid groups (broad SMARTS) is 1. The predicted octanol–water partition coefficient (Wildman–Crippen LogP) is 2.70. The Morgan fingerprint density at radius 2 is 1.74 bits per heavy atom.